The fourth-order valence-corrected chi connectivity index (χ4v) is 2.52. The van der Waals surface area contributed by atoms with Crippen LogP contribution in [0.4, 0.5) is 4.79 Å². The van der Waals surface area contributed by atoms with Gasteiger partial charge in [-0.1, -0.05) is 0 Å². The van der Waals surface area contributed by atoms with Crippen molar-refractivity contribution in [3.05, 3.63) is 17.8 Å². The molecule has 0 radical (unpaired) electrons. The van der Waals surface area contributed by atoms with Crippen LogP contribution in [0.1, 0.15) is 37.5 Å². The van der Waals surface area contributed by atoms with E-state index in [0.29, 0.717) is 6.04 Å². The summed E-state index contributed by atoms with van der Waals surface area (Å²) in [5, 5.41) is 3.53. The third-order valence-corrected chi connectivity index (χ3v) is 3.64. The smallest absolute Gasteiger partial charge is 0.319 e. The minimum Gasteiger partial charge on any atom is -0.444 e. The van der Waals surface area contributed by atoms with Crippen LogP contribution in [-0.2, 0) is 0 Å². The maximum Gasteiger partial charge on any atom is 0.319 e. The molecule has 1 N–H and O–H groups in total. The first-order valence-electron chi connectivity index (χ1n) is 7.12. The second-order valence-corrected chi connectivity index (χ2v) is 5.64. The van der Waals surface area contributed by atoms with Crippen LogP contribution in [0, 0.1) is 6.92 Å². The maximum atomic E-state index is 11.9. The molecule has 112 valence electrons. The maximum absolute atomic E-state index is 11.9. The molecule has 0 spiro atoms. The van der Waals surface area contributed by atoms with Gasteiger partial charge in [-0.2, -0.15) is 0 Å². The van der Waals surface area contributed by atoms with Gasteiger partial charge in [-0.25, -0.2) is 9.78 Å². The quantitative estimate of drug-likeness (QED) is 0.917. The fourth-order valence-electron chi connectivity index (χ4n) is 2.52. The molecule has 1 saturated heterocycles. The van der Waals surface area contributed by atoms with Crippen LogP contribution in [0.15, 0.2) is 10.6 Å². The summed E-state index contributed by atoms with van der Waals surface area (Å²) in [5.74, 6) is 1.56. The summed E-state index contributed by atoms with van der Waals surface area (Å²) in [6.07, 6.45) is 3.67. The number of hydrogen-bond donors (Lipinski definition) is 1. The van der Waals surface area contributed by atoms with Gasteiger partial charge in [0.25, 0.3) is 0 Å². The van der Waals surface area contributed by atoms with Crippen LogP contribution in [0.3, 0.4) is 0 Å². The first-order valence-corrected chi connectivity index (χ1v) is 7.12. The highest BCUT2D eigenvalue weighted by molar-refractivity contribution is 5.73. The third kappa shape index (κ3) is 3.50. The lowest BCUT2D eigenvalue weighted by molar-refractivity contribution is 0.150. The standard InChI is InChI=1S/C14H24N4O2/c1-10-9-15-13(20-10)11(2)16-12-5-7-18(8-6-12)14(19)17(3)4/h9,11-12,16H,5-8H2,1-4H3. The second-order valence-electron chi connectivity index (χ2n) is 5.64. The molecular weight excluding hydrogens is 256 g/mol. The highest BCUT2D eigenvalue weighted by Crippen LogP contribution is 2.17. The molecule has 1 aromatic heterocycles. The number of likely N-dealkylation sites (tertiary alicyclic amines) is 1. The van der Waals surface area contributed by atoms with Crippen LogP contribution in [0.25, 0.3) is 0 Å². The van der Waals surface area contributed by atoms with Crippen molar-refractivity contribution >= 4 is 6.03 Å². The Morgan fingerprint density at radius 2 is 2.15 bits per heavy atom. The molecule has 1 fully saturated rings. The number of rotatable bonds is 3. The van der Waals surface area contributed by atoms with Gasteiger partial charge in [0.1, 0.15) is 5.76 Å². The molecule has 2 amide bonds. The molecule has 0 aromatic carbocycles. The molecule has 1 unspecified atom stereocenters. The zero-order valence-corrected chi connectivity index (χ0v) is 12.7. The lowest BCUT2D eigenvalue weighted by Gasteiger charge is -2.34. The van der Waals surface area contributed by atoms with Crippen molar-refractivity contribution in [3.8, 4) is 0 Å². The molecular formula is C14H24N4O2. The highest BCUT2D eigenvalue weighted by Gasteiger charge is 2.25. The molecule has 0 aliphatic carbocycles. The number of nitrogens with zero attached hydrogens (tertiary/aromatic N) is 3. The molecule has 0 bridgehead atoms. The number of aromatic nitrogens is 1. The normalized spacial score (nSPS) is 18.1. The van der Waals surface area contributed by atoms with Gasteiger partial charge in [0.2, 0.25) is 5.89 Å². The van der Waals surface area contributed by atoms with Gasteiger partial charge >= 0.3 is 6.03 Å². The van der Waals surface area contributed by atoms with Crippen molar-refractivity contribution in [1.82, 2.24) is 20.1 Å². The van der Waals surface area contributed by atoms with Crippen LogP contribution >= 0.6 is 0 Å². The Morgan fingerprint density at radius 1 is 1.50 bits per heavy atom. The van der Waals surface area contributed by atoms with Crippen LogP contribution in [0.5, 0.6) is 0 Å². The molecule has 6 heteroatoms. The van der Waals surface area contributed by atoms with E-state index < -0.39 is 0 Å². The molecule has 1 aliphatic heterocycles. The molecule has 0 saturated carbocycles. The Morgan fingerprint density at radius 3 is 2.65 bits per heavy atom. The first kappa shape index (κ1) is 14.8. The summed E-state index contributed by atoms with van der Waals surface area (Å²) in [7, 11) is 3.58. The summed E-state index contributed by atoms with van der Waals surface area (Å²) < 4.78 is 5.53. The zero-order chi connectivity index (χ0) is 14.7. The van der Waals surface area contributed by atoms with E-state index in [2.05, 4.69) is 17.2 Å². The van der Waals surface area contributed by atoms with Crippen molar-refractivity contribution in [2.45, 2.75) is 38.8 Å². The molecule has 2 rings (SSSR count). The minimum absolute atomic E-state index is 0.0971. The highest BCUT2D eigenvalue weighted by atomic mass is 16.4. The Balaban J connectivity index is 1.81. The Labute approximate surface area is 120 Å². The molecule has 1 atom stereocenters. The number of aryl methyl sites for hydroxylation is 1. The largest absolute Gasteiger partial charge is 0.444 e. The number of piperidine rings is 1. The van der Waals surface area contributed by atoms with Crippen LogP contribution < -0.4 is 5.32 Å². The van der Waals surface area contributed by atoms with Gasteiger partial charge in [-0.3, -0.25) is 0 Å². The number of nitrogens with one attached hydrogen (secondary N) is 1. The summed E-state index contributed by atoms with van der Waals surface area (Å²) >= 11 is 0. The molecule has 6 nitrogen and oxygen atoms in total. The molecule has 1 aliphatic rings. The lowest BCUT2D eigenvalue weighted by atomic mass is 10.0. The monoisotopic (exact) mass is 280 g/mol. The van der Waals surface area contributed by atoms with Gasteiger partial charge in [-0.05, 0) is 26.7 Å². The Bertz CT molecular complexity index is 450. The number of amides is 2. The van der Waals surface area contributed by atoms with Gasteiger partial charge in [0.15, 0.2) is 0 Å². The van der Waals surface area contributed by atoms with Gasteiger partial charge in [0, 0.05) is 33.2 Å². The van der Waals surface area contributed by atoms with E-state index in [1.54, 1.807) is 25.2 Å². The van der Waals surface area contributed by atoms with Crippen molar-refractivity contribution in [2.24, 2.45) is 0 Å². The van der Waals surface area contributed by atoms with E-state index in [9.17, 15) is 4.79 Å². The lowest BCUT2D eigenvalue weighted by Crippen LogP contribution is -2.48. The fraction of sp³-hybridized carbons (Fsp3) is 0.714. The molecule has 20 heavy (non-hydrogen) atoms. The Hall–Kier alpha value is -1.56. The van der Waals surface area contributed by atoms with Crippen molar-refractivity contribution in [1.29, 1.82) is 0 Å². The predicted molar refractivity (Wildman–Crippen MR) is 76.5 cm³/mol. The van der Waals surface area contributed by atoms with E-state index in [1.165, 1.54) is 0 Å². The Kier molecular flexibility index (Phi) is 4.65. The van der Waals surface area contributed by atoms with E-state index in [1.807, 2.05) is 11.8 Å². The second kappa shape index (κ2) is 6.26. The topological polar surface area (TPSA) is 61.6 Å². The van der Waals surface area contributed by atoms with Crippen molar-refractivity contribution < 1.29 is 9.21 Å². The van der Waals surface area contributed by atoms with Crippen molar-refractivity contribution in [3.63, 3.8) is 0 Å². The summed E-state index contributed by atoms with van der Waals surface area (Å²) in [6, 6.07) is 0.605. The summed E-state index contributed by atoms with van der Waals surface area (Å²) in [5.41, 5.74) is 0. The number of hydrogen-bond acceptors (Lipinski definition) is 4. The van der Waals surface area contributed by atoms with E-state index in [-0.39, 0.29) is 12.1 Å². The van der Waals surface area contributed by atoms with Gasteiger partial charge in [-0.15, -0.1) is 0 Å². The molecule has 2 heterocycles. The average molecular weight is 280 g/mol. The summed E-state index contributed by atoms with van der Waals surface area (Å²) in [6.45, 7) is 5.55. The minimum atomic E-state index is 0.0971. The van der Waals surface area contributed by atoms with Crippen LogP contribution in [0.2, 0.25) is 0 Å². The zero-order valence-electron chi connectivity index (χ0n) is 12.7. The predicted octanol–water partition coefficient (Wildman–Crippen LogP) is 1.78. The molecule has 1 aromatic rings. The van der Waals surface area contributed by atoms with Crippen molar-refractivity contribution in [2.75, 3.05) is 27.2 Å². The number of carbonyl (C=O) groups is 1. The van der Waals surface area contributed by atoms with Crippen LogP contribution in [-0.4, -0.2) is 54.0 Å². The van der Waals surface area contributed by atoms with Gasteiger partial charge < -0.3 is 19.5 Å². The number of carbonyl (C=O) groups excluding carboxylic acids is 1. The first-order chi connectivity index (χ1) is 9.47. The van der Waals surface area contributed by atoms with E-state index in [0.717, 1.165) is 37.6 Å². The SMILES string of the molecule is Cc1cnc(C(C)NC2CCN(C(=O)N(C)C)CC2)o1. The van der Waals surface area contributed by atoms with E-state index >= 15 is 0 Å². The third-order valence-electron chi connectivity index (χ3n) is 3.64. The number of urea groups is 1. The number of oxazole rings is 1. The van der Waals surface area contributed by atoms with Gasteiger partial charge in [0.05, 0.1) is 12.2 Å². The summed E-state index contributed by atoms with van der Waals surface area (Å²) in [4.78, 5) is 19.6. The average Bonchev–Trinajstić information content (AvgIpc) is 2.85. The van der Waals surface area contributed by atoms with E-state index in [4.69, 9.17) is 4.42 Å².